The topological polar surface area (TPSA) is 102 Å². The van der Waals surface area contributed by atoms with Crippen LogP contribution in [0.25, 0.3) is 0 Å². The minimum Gasteiger partial charge on any atom is -0.490 e. The van der Waals surface area contributed by atoms with Crippen LogP contribution < -0.4 is 14.4 Å². The number of halogens is 1. The second-order valence-corrected chi connectivity index (χ2v) is 15.7. The van der Waals surface area contributed by atoms with Crippen LogP contribution in [0.1, 0.15) is 67.4 Å². The van der Waals surface area contributed by atoms with Gasteiger partial charge in [0.05, 0.1) is 17.5 Å². The number of benzene rings is 2. The quantitative estimate of drug-likeness (QED) is 0.343. The van der Waals surface area contributed by atoms with E-state index in [2.05, 4.69) is 21.8 Å². The molecule has 1 N–H and O–H groups in total. The van der Waals surface area contributed by atoms with Crippen LogP contribution in [0.15, 0.2) is 48.6 Å². The fraction of sp³-hybridized carbons (Fsp3) is 0.529. The van der Waals surface area contributed by atoms with Crippen LogP contribution >= 0.6 is 11.6 Å². The smallest absolute Gasteiger partial charge is 0.264 e. The second kappa shape index (κ2) is 11.8. The van der Waals surface area contributed by atoms with Gasteiger partial charge in [-0.15, -0.1) is 0 Å². The number of allylic oxidation sites excluding steroid dienone is 1. The molecule has 10 heteroatoms. The molecule has 0 unspecified atom stereocenters. The molecule has 2 bridgehead atoms. The third-order valence-electron chi connectivity index (χ3n) is 10.7. The van der Waals surface area contributed by atoms with Gasteiger partial charge >= 0.3 is 0 Å². The van der Waals surface area contributed by atoms with Crippen LogP contribution in [-0.4, -0.2) is 58.3 Å². The highest BCUT2D eigenvalue weighted by Gasteiger charge is 2.49. The second-order valence-electron chi connectivity index (χ2n) is 13.2. The van der Waals surface area contributed by atoms with Crippen molar-refractivity contribution in [3.05, 3.63) is 70.3 Å². The monoisotopic (exact) mass is 640 g/mol. The van der Waals surface area contributed by atoms with Crippen LogP contribution in [0, 0.1) is 17.8 Å². The zero-order valence-corrected chi connectivity index (χ0v) is 27.1. The summed E-state index contributed by atoms with van der Waals surface area (Å²) in [6.07, 6.45) is 9.65. The Morgan fingerprint density at radius 3 is 2.70 bits per heavy atom. The number of hydrogen-bond acceptors (Lipinski definition) is 7. The first kappa shape index (κ1) is 31.1. The number of aryl methyl sites for hydroxylation is 1. The Hall–Kier alpha value is -2.88. The maximum Gasteiger partial charge on any atom is 0.264 e. The molecule has 236 valence electrons. The Morgan fingerprint density at radius 1 is 1.16 bits per heavy atom. The average molecular weight is 641 g/mol. The fourth-order valence-corrected chi connectivity index (χ4v) is 9.16. The Balaban J connectivity index is 1.46. The van der Waals surface area contributed by atoms with Crippen molar-refractivity contribution in [3.8, 4) is 5.75 Å². The van der Waals surface area contributed by atoms with Crippen LogP contribution in [0.3, 0.4) is 0 Å². The van der Waals surface area contributed by atoms with Gasteiger partial charge in [-0.25, -0.2) is 13.1 Å². The summed E-state index contributed by atoms with van der Waals surface area (Å²) in [4.78, 5) is 28.4. The van der Waals surface area contributed by atoms with E-state index in [1.54, 1.807) is 32.2 Å². The van der Waals surface area contributed by atoms with Crippen molar-refractivity contribution in [2.45, 2.75) is 68.6 Å². The molecule has 1 fully saturated rings. The summed E-state index contributed by atoms with van der Waals surface area (Å²) in [6.45, 7) is 5.17. The van der Waals surface area contributed by atoms with Gasteiger partial charge in [-0.2, -0.15) is 0 Å². The van der Waals surface area contributed by atoms with Gasteiger partial charge in [0.15, 0.2) is 6.29 Å². The van der Waals surface area contributed by atoms with Gasteiger partial charge in [0.25, 0.3) is 5.91 Å². The number of hydrogen-bond donors (Lipinski definition) is 1. The number of ether oxygens (including phenoxy) is 2. The lowest BCUT2D eigenvalue weighted by Crippen LogP contribution is -2.53. The first-order valence-electron chi connectivity index (χ1n) is 15.6. The zero-order chi connectivity index (χ0) is 31.3. The summed E-state index contributed by atoms with van der Waals surface area (Å²) in [5.41, 5.74) is 2.05. The minimum absolute atomic E-state index is 0.0434. The van der Waals surface area contributed by atoms with Gasteiger partial charge in [0, 0.05) is 42.1 Å². The predicted octanol–water partition coefficient (Wildman–Crippen LogP) is 5.47. The number of nitrogens with one attached hydrogen (secondary N) is 1. The van der Waals surface area contributed by atoms with Gasteiger partial charge in [0.2, 0.25) is 10.0 Å². The Bertz CT molecular complexity index is 1590. The standard InChI is InChI=1S/C34H41ClN2O6S/c1-22-6-4-15-34(20-38,42-3)29-11-8-26(29)18-37-19-33(14-5-7-24-16-27(35)10-12-28(24)33)21-43-31-13-9-25(17-30(31)37)32(39)36-44(40,41)23(22)2/h4,9-10,12-13,15-17,20,22-23,26,29H,5-8,11,14,18-19,21H2,1-3H3,(H,36,39)/b15-4+/t22-,23+,26-,29+,33-,34+/m0/s1. The average Bonchev–Trinajstić information content (AvgIpc) is 3.14. The maximum absolute atomic E-state index is 13.4. The molecule has 1 amide bonds. The summed E-state index contributed by atoms with van der Waals surface area (Å²) in [6, 6.07) is 11.3. The first-order chi connectivity index (χ1) is 21.0. The summed E-state index contributed by atoms with van der Waals surface area (Å²) in [5, 5.41) is -0.123. The third-order valence-corrected chi connectivity index (χ3v) is 12.8. The van der Waals surface area contributed by atoms with E-state index in [1.807, 2.05) is 25.1 Å². The molecular formula is C34H41ClN2O6S. The lowest BCUT2D eigenvalue weighted by atomic mass is 9.64. The number of fused-ring (bicyclic) bond motifs is 4. The first-order valence-corrected chi connectivity index (χ1v) is 17.5. The molecule has 2 aromatic carbocycles. The predicted molar refractivity (Wildman–Crippen MR) is 171 cm³/mol. The van der Waals surface area contributed by atoms with E-state index >= 15 is 0 Å². The number of rotatable bonds is 2. The molecule has 0 aromatic heterocycles. The van der Waals surface area contributed by atoms with E-state index in [0.717, 1.165) is 44.1 Å². The summed E-state index contributed by atoms with van der Waals surface area (Å²) in [7, 11) is -2.41. The molecular weight excluding hydrogens is 600 g/mol. The van der Waals surface area contributed by atoms with Gasteiger partial charge < -0.3 is 14.4 Å². The lowest BCUT2D eigenvalue weighted by Gasteiger charge is -2.48. The van der Waals surface area contributed by atoms with E-state index < -0.39 is 26.8 Å². The number of sulfonamides is 1. The molecule has 8 nitrogen and oxygen atoms in total. The van der Waals surface area contributed by atoms with Crippen LogP contribution in [0.2, 0.25) is 5.02 Å². The molecule has 2 aliphatic heterocycles. The third kappa shape index (κ3) is 5.45. The number of aldehydes is 1. The molecule has 6 rings (SSSR count). The SMILES string of the molecule is CO[C@@]1(C=O)/C=C/C[C@H](C)[C@@H](C)S(=O)(=O)NC(=O)c2ccc3c(c2)N(C[C@@H]2CC[C@H]21)C[C@@]1(CCCc2cc(Cl)ccc21)CO3. The molecule has 2 aliphatic carbocycles. The normalized spacial score (nSPS) is 33.9. The van der Waals surface area contributed by atoms with Crippen molar-refractivity contribution in [2.75, 3.05) is 31.7 Å². The van der Waals surface area contributed by atoms with E-state index in [1.165, 1.54) is 11.1 Å². The number of carbonyl (C=O) groups is 2. The molecule has 2 heterocycles. The van der Waals surface area contributed by atoms with E-state index in [-0.39, 0.29) is 28.7 Å². The number of nitrogens with zero attached hydrogens (tertiary/aromatic N) is 1. The number of carbonyl (C=O) groups excluding carboxylic acids is 2. The van der Waals surface area contributed by atoms with E-state index in [0.29, 0.717) is 36.9 Å². The van der Waals surface area contributed by atoms with E-state index in [9.17, 15) is 18.0 Å². The number of amides is 1. The summed E-state index contributed by atoms with van der Waals surface area (Å²) < 4.78 is 41.3. The maximum atomic E-state index is 13.4. The molecule has 44 heavy (non-hydrogen) atoms. The molecule has 0 radical (unpaired) electrons. The molecule has 1 spiro atoms. The highest BCUT2D eigenvalue weighted by Crippen LogP contribution is 2.48. The van der Waals surface area contributed by atoms with Crippen LogP contribution in [-0.2, 0) is 31.4 Å². The van der Waals surface area contributed by atoms with Gasteiger partial charge in [-0.1, -0.05) is 30.7 Å². The van der Waals surface area contributed by atoms with Crippen molar-refractivity contribution in [1.29, 1.82) is 0 Å². The Labute approximate surface area is 265 Å². The summed E-state index contributed by atoms with van der Waals surface area (Å²) in [5.74, 6) is -0.203. The van der Waals surface area contributed by atoms with Crippen LogP contribution in [0.5, 0.6) is 5.75 Å². The van der Waals surface area contributed by atoms with Crippen molar-refractivity contribution in [3.63, 3.8) is 0 Å². The largest absolute Gasteiger partial charge is 0.490 e. The Morgan fingerprint density at radius 2 is 1.98 bits per heavy atom. The number of methoxy groups -OCH3 is 1. The molecule has 2 aromatic rings. The number of anilines is 1. The minimum atomic E-state index is -3.97. The van der Waals surface area contributed by atoms with Crippen LogP contribution in [0.4, 0.5) is 5.69 Å². The summed E-state index contributed by atoms with van der Waals surface area (Å²) >= 11 is 6.40. The van der Waals surface area contributed by atoms with E-state index in [4.69, 9.17) is 21.1 Å². The van der Waals surface area contributed by atoms with Crippen molar-refractivity contribution in [2.24, 2.45) is 17.8 Å². The molecule has 4 aliphatic rings. The Kier molecular flexibility index (Phi) is 8.35. The highest BCUT2D eigenvalue weighted by molar-refractivity contribution is 7.90. The van der Waals surface area contributed by atoms with Crippen molar-refractivity contribution < 1.29 is 27.5 Å². The van der Waals surface area contributed by atoms with Gasteiger partial charge in [0.1, 0.15) is 11.4 Å². The van der Waals surface area contributed by atoms with Gasteiger partial charge in [-0.3, -0.25) is 9.59 Å². The van der Waals surface area contributed by atoms with Gasteiger partial charge in [-0.05, 0) is 105 Å². The lowest BCUT2D eigenvalue weighted by molar-refractivity contribution is -0.135. The molecule has 1 saturated carbocycles. The fourth-order valence-electron chi connectivity index (χ4n) is 7.68. The van der Waals surface area contributed by atoms with Crippen molar-refractivity contribution in [1.82, 2.24) is 4.72 Å². The zero-order valence-electron chi connectivity index (χ0n) is 25.6. The van der Waals surface area contributed by atoms with Crippen molar-refractivity contribution >= 4 is 39.5 Å². The molecule has 0 saturated heterocycles. The highest BCUT2D eigenvalue weighted by atomic mass is 35.5. The molecule has 6 atom stereocenters.